The Hall–Kier alpha value is -1.56. The van der Waals surface area contributed by atoms with Crippen molar-refractivity contribution in [2.24, 2.45) is 0 Å². The lowest BCUT2D eigenvalue weighted by Gasteiger charge is -2.38. The smallest absolute Gasteiger partial charge is 0.0202 e. The standard InChI is InChI=1S/C18H18/c1-4-10-16(11-5-1)18(14-8-3-9-15-18)17-12-6-2-7-13-17/h4-7,10-13H,3,8-9,14-15H2. The molecule has 0 heterocycles. The first-order valence-corrected chi connectivity index (χ1v) is 6.85. The fourth-order valence-electron chi connectivity index (χ4n) is 3.31. The monoisotopic (exact) mass is 234 g/mol. The molecule has 0 bridgehead atoms. The van der Waals surface area contributed by atoms with Crippen LogP contribution in [0.15, 0.2) is 48.5 Å². The first-order valence-electron chi connectivity index (χ1n) is 6.85. The predicted octanol–water partition coefficient (Wildman–Crippen LogP) is 4.54. The molecule has 0 unspecified atom stereocenters. The van der Waals surface area contributed by atoms with E-state index in [0.29, 0.717) is 0 Å². The first-order chi connectivity index (χ1) is 8.92. The zero-order valence-corrected chi connectivity index (χ0v) is 10.7. The van der Waals surface area contributed by atoms with Gasteiger partial charge < -0.3 is 0 Å². The maximum atomic E-state index is 3.13. The van der Waals surface area contributed by atoms with Crippen molar-refractivity contribution < 1.29 is 0 Å². The Kier molecular flexibility index (Phi) is 3.19. The van der Waals surface area contributed by atoms with Gasteiger partial charge in [0.25, 0.3) is 0 Å². The lowest BCUT2D eigenvalue weighted by molar-refractivity contribution is 0.346. The van der Waals surface area contributed by atoms with Crippen LogP contribution in [-0.2, 0) is 5.41 Å². The van der Waals surface area contributed by atoms with E-state index in [0.717, 1.165) is 0 Å². The van der Waals surface area contributed by atoms with Crippen LogP contribution in [0.3, 0.4) is 0 Å². The quantitative estimate of drug-likeness (QED) is 0.715. The van der Waals surface area contributed by atoms with E-state index in [9.17, 15) is 0 Å². The fourth-order valence-corrected chi connectivity index (χ4v) is 3.31. The minimum Gasteiger partial charge on any atom is -0.0575 e. The van der Waals surface area contributed by atoms with Gasteiger partial charge in [-0.05, 0) is 36.1 Å². The maximum Gasteiger partial charge on any atom is 0.0202 e. The lowest BCUT2D eigenvalue weighted by Crippen LogP contribution is -2.30. The average Bonchev–Trinajstić information content (AvgIpc) is 2.50. The van der Waals surface area contributed by atoms with E-state index in [2.05, 4.69) is 36.4 Å². The average molecular weight is 234 g/mol. The summed E-state index contributed by atoms with van der Waals surface area (Å²) in [7, 11) is 0. The van der Waals surface area contributed by atoms with E-state index in [1.54, 1.807) is 0 Å². The molecule has 2 aromatic rings. The first kappa shape index (κ1) is 11.5. The van der Waals surface area contributed by atoms with Gasteiger partial charge in [0.15, 0.2) is 0 Å². The zero-order valence-electron chi connectivity index (χ0n) is 10.7. The zero-order chi connectivity index (χ0) is 12.3. The van der Waals surface area contributed by atoms with Crippen LogP contribution >= 0.6 is 0 Å². The molecule has 0 nitrogen and oxygen atoms in total. The van der Waals surface area contributed by atoms with Gasteiger partial charge in [-0.3, -0.25) is 0 Å². The van der Waals surface area contributed by atoms with Crippen LogP contribution in [0.1, 0.15) is 43.2 Å². The van der Waals surface area contributed by atoms with E-state index < -0.39 is 0 Å². The molecule has 0 saturated heterocycles. The Morgan fingerprint density at radius 3 is 1.56 bits per heavy atom. The topological polar surface area (TPSA) is 0 Å². The van der Waals surface area contributed by atoms with Gasteiger partial charge in [-0.15, -0.1) is 0 Å². The molecule has 1 aliphatic rings. The Bertz CT molecular complexity index is 436. The molecule has 18 heavy (non-hydrogen) atoms. The highest BCUT2D eigenvalue weighted by Crippen LogP contribution is 2.44. The molecule has 0 spiro atoms. The van der Waals surface area contributed by atoms with Gasteiger partial charge in [-0.1, -0.05) is 67.8 Å². The van der Waals surface area contributed by atoms with Gasteiger partial charge in [0.05, 0.1) is 0 Å². The normalized spacial score (nSPS) is 18.4. The van der Waals surface area contributed by atoms with E-state index in [1.165, 1.54) is 43.2 Å². The summed E-state index contributed by atoms with van der Waals surface area (Å²) >= 11 is 0. The van der Waals surface area contributed by atoms with Crippen molar-refractivity contribution in [3.63, 3.8) is 0 Å². The van der Waals surface area contributed by atoms with Crippen molar-refractivity contribution >= 4 is 0 Å². The Morgan fingerprint density at radius 1 is 0.667 bits per heavy atom. The van der Waals surface area contributed by atoms with E-state index in [1.807, 2.05) is 24.3 Å². The summed E-state index contributed by atoms with van der Waals surface area (Å²) in [5.74, 6) is 0. The summed E-state index contributed by atoms with van der Waals surface area (Å²) in [6.07, 6.45) is 6.57. The Balaban J connectivity index is 2.10. The van der Waals surface area contributed by atoms with Crippen molar-refractivity contribution in [2.45, 2.75) is 37.5 Å². The van der Waals surface area contributed by atoms with Gasteiger partial charge in [0.2, 0.25) is 0 Å². The molecular formula is C18H18. The second-order valence-electron chi connectivity index (χ2n) is 5.22. The van der Waals surface area contributed by atoms with Crippen molar-refractivity contribution in [3.05, 3.63) is 71.8 Å². The summed E-state index contributed by atoms with van der Waals surface area (Å²) in [6.45, 7) is 0. The van der Waals surface area contributed by atoms with Gasteiger partial charge in [-0.25, -0.2) is 0 Å². The van der Waals surface area contributed by atoms with Crippen LogP contribution < -0.4 is 0 Å². The van der Waals surface area contributed by atoms with Crippen LogP contribution in [0, 0.1) is 12.1 Å². The minimum atomic E-state index is 0.225. The van der Waals surface area contributed by atoms with Crippen LogP contribution in [-0.4, -0.2) is 0 Å². The van der Waals surface area contributed by atoms with Crippen molar-refractivity contribution in [2.75, 3.05) is 0 Å². The molecule has 3 rings (SSSR count). The molecule has 2 aromatic carbocycles. The van der Waals surface area contributed by atoms with Crippen LogP contribution in [0.2, 0.25) is 0 Å². The van der Waals surface area contributed by atoms with E-state index in [-0.39, 0.29) is 5.41 Å². The summed E-state index contributed by atoms with van der Waals surface area (Å²) in [5, 5.41) is 0. The molecule has 0 aliphatic heterocycles. The summed E-state index contributed by atoms with van der Waals surface area (Å²) in [4.78, 5) is 0. The highest BCUT2D eigenvalue weighted by atomic mass is 14.4. The number of hydrogen-bond donors (Lipinski definition) is 0. The largest absolute Gasteiger partial charge is 0.0575 e. The molecule has 1 saturated carbocycles. The van der Waals surface area contributed by atoms with Crippen LogP contribution in [0.5, 0.6) is 0 Å². The second-order valence-corrected chi connectivity index (χ2v) is 5.22. The van der Waals surface area contributed by atoms with E-state index >= 15 is 0 Å². The second kappa shape index (κ2) is 4.97. The lowest BCUT2D eigenvalue weighted by atomic mass is 9.65. The predicted molar refractivity (Wildman–Crippen MR) is 74.4 cm³/mol. The summed E-state index contributed by atoms with van der Waals surface area (Å²) in [5.41, 5.74) is 3.13. The summed E-state index contributed by atoms with van der Waals surface area (Å²) < 4.78 is 0. The van der Waals surface area contributed by atoms with Gasteiger partial charge >= 0.3 is 0 Å². The third kappa shape index (κ3) is 1.96. The molecule has 0 atom stereocenters. The summed E-state index contributed by atoms with van der Waals surface area (Å²) in [6, 6.07) is 23.4. The molecular weight excluding hydrogens is 216 g/mol. The van der Waals surface area contributed by atoms with Gasteiger partial charge in [0, 0.05) is 5.41 Å². The number of hydrogen-bond acceptors (Lipinski definition) is 0. The number of benzene rings is 2. The highest BCUT2D eigenvalue weighted by Gasteiger charge is 2.35. The maximum absolute atomic E-state index is 3.13. The molecule has 1 aliphatic carbocycles. The van der Waals surface area contributed by atoms with Crippen LogP contribution in [0.25, 0.3) is 0 Å². The van der Waals surface area contributed by atoms with Crippen molar-refractivity contribution in [1.82, 2.24) is 0 Å². The van der Waals surface area contributed by atoms with Crippen molar-refractivity contribution in [3.8, 4) is 0 Å². The molecule has 0 heteroatoms. The van der Waals surface area contributed by atoms with Crippen molar-refractivity contribution in [1.29, 1.82) is 0 Å². The molecule has 0 aromatic heterocycles. The van der Waals surface area contributed by atoms with Gasteiger partial charge in [0.1, 0.15) is 0 Å². The van der Waals surface area contributed by atoms with Gasteiger partial charge in [-0.2, -0.15) is 0 Å². The molecule has 90 valence electrons. The Morgan fingerprint density at radius 2 is 1.11 bits per heavy atom. The van der Waals surface area contributed by atoms with Crippen LogP contribution in [0.4, 0.5) is 0 Å². The molecule has 0 N–H and O–H groups in total. The SMILES string of the molecule is [c]1ccc(C2(c3cc[c]cc3)CCCCC2)cc1. The third-order valence-electron chi connectivity index (χ3n) is 4.25. The molecule has 2 radical (unpaired) electrons. The molecule has 0 amide bonds. The fraction of sp³-hybridized carbons (Fsp3) is 0.333. The number of rotatable bonds is 2. The third-order valence-corrected chi connectivity index (χ3v) is 4.25. The molecule has 1 fully saturated rings. The highest BCUT2D eigenvalue weighted by molar-refractivity contribution is 5.39. The Labute approximate surface area is 110 Å². The van der Waals surface area contributed by atoms with E-state index in [4.69, 9.17) is 0 Å². The minimum absolute atomic E-state index is 0.225.